The van der Waals surface area contributed by atoms with Gasteiger partial charge in [0.15, 0.2) is 0 Å². The van der Waals surface area contributed by atoms with Crippen LogP contribution in [-0.4, -0.2) is 16.1 Å². The van der Waals surface area contributed by atoms with Crippen molar-refractivity contribution in [3.05, 3.63) is 53.2 Å². The molecule has 4 heteroatoms. The molecule has 0 aliphatic heterocycles. The number of aryl methyl sites for hydroxylation is 2. The molecule has 0 amide bonds. The summed E-state index contributed by atoms with van der Waals surface area (Å²) in [5.41, 5.74) is 1.91. The molecule has 92 valence electrons. The van der Waals surface area contributed by atoms with Crippen LogP contribution in [0.3, 0.4) is 0 Å². The van der Waals surface area contributed by atoms with Crippen molar-refractivity contribution in [2.45, 2.75) is 13.8 Å². The molecule has 0 atom stereocenters. The summed E-state index contributed by atoms with van der Waals surface area (Å²) in [6.07, 6.45) is 0. The standard InChI is InChI=1S/C14H13NO3/c1-9-6-7-11(14(16)17)8-12(9)18-13-5-3-4-10(2)15-13/h3-8H,1-2H3,(H,16,17). The molecule has 1 aromatic heterocycles. The summed E-state index contributed by atoms with van der Waals surface area (Å²) in [6, 6.07) is 10.2. The van der Waals surface area contributed by atoms with Crippen molar-refractivity contribution in [3.63, 3.8) is 0 Å². The van der Waals surface area contributed by atoms with Crippen LogP contribution in [0.15, 0.2) is 36.4 Å². The summed E-state index contributed by atoms with van der Waals surface area (Å²) >= 11 is 0. The van der Waals surface area contributed by atoms with E-state index in [1.54, 1.807) is 18.2 Å². The van der Waals surface area contributed by atoms with Crippen molar-refractivity contribution < 1.29 is 14.6 Å². The zero-order chi connectivity index (χ0) is 13.1. The number of carboxylic acid groups (broad SMARTS) is 1. The lowest BCUT2D eigenvalue weighted by Gasteiger charge is -2.09. The van der Waals surface area contributed by atoms with Crippen LogP contribution < -0.4 is 4.74 Å². The van der Waals surface area contributed by atoms with E-state index < -0.39 is 5.97 Å². The van der Waals surface area contributed by atoms with E-state index in [1.807, 2.05) is 26.0 Å². The number of hydrogen-bond donors (Lipinski definition) is 1. The Morgan fingerprint density at radius 3 is 2.67 bits per heavy atom. The van der Waals surface area contributed by atoms with Gasteiger partial charge in [0.1, 0.15) is 5.75 Å². The van der Waals surface area contributed by atoms with E-state index in [4.69, 9.17) is 9.84 Å². The lowest BCUT2D eigenvalue weighted by Crippen LogP contribution is -1.98. The second kappa shape index (κ2) is 4.87. The number of hydrogen-bond acceptors (Lipinski definition) is 3. The SMILES string of the molecule is Cc1cccc(Oc2cc(C(=O)O)ccc2C)n1. The molecule has 4 nitrogen and oxygen atoms in total. The Balaban J connectivity index is 2.33. The largest absolute Gasteiger partial charge is 0.478 e. The van der Waals surface area contributed by atoms with E-state index in [0.29, 0.717) is 11.6 Å². The zero-order valence-electron chi connectivity index (χ0n) is 10.2. The van der Waals surface area contributed by atoms with Crippen LogP contribution in [0, 0.1) is 13.8 Å². The summed E-state index contributed by atoms with van der Waals surface area (Å²) < 4.78 is 5.61. The summed E-state index contributed by atoms with van der Waals surface area (Å²) in [5, 5.41) is 8.94. The number of benzene rings is 1. The molecule has 2 aromatic rings. The molecule has 0 radical (unpaired) electrons. The molecular formula is C14H13NO3. The average molecular weight is 243 g/mol. The van der Waals surface area contributed by atoms with Crippen LogP contribution in [0.1, 0.15) is 21.6 Å². The minimum absolute atomic E-state index is 0.197. The number of carboxylic acids is 1. The fourth-order valence-corrected chi connectivity index (χ4v) is 1.53. The number of ether oxygens (including phenoxy) is 1. The van der Waals surface area contributed by atoms with Crippen molar-refractivity contribution in [1.82, 2.24) is 4.98 Å². The molecule has 18 heavy (non-hydrogen) atoms. The molecule has 0 aliphatic carbocycles. The number of aromatic nitrogens is 1. The van der Waals surface area contributed by atoms with Crippen molar-refractivity contribution >= 4 is 5.97 Å². The highest BCUT2D eigenvalue weighted by molar-refractivity contribution is 5.88. The molecule has 0 fully saturated rings. The fourth-order valence-electron chi connectivity index (χ4n) is 1.53. The minimum atomic E-state index is -0.975. The Hall–Kier alpha value is -2.36. The second-order valence-corrected chi connectivity index (χ2v) is 4.00. The van der Waals surface area contributed by atoms with Gasteiger partial charge in [-0.25, -0.2) is 9.78 Å². The predicted octanol–water partition coefficient (Wildman–Crippen LogP) is 3.19. The van der Waals surface area contributed by atoms with Gasteiger partial charge in [-0.15, -0.1) is 0 Å². The molecule has 0 bridgehead atoms. The van der Waals surface area contributed by atoms with Gasteiger partial charge in [0.25, 0.3) is 0 Å². The number of rotatable bonds is 3. The van der Waals surface area contributed by atoms with Gasteiger partial charge in [-0.3, -0.25) is 0 Å². The Morgan fingerprint density at radius 1 is 1.22 bits per heavy atom. The van der Waals surface area contributed by atoms with E-state index in [-0.39, 0.29) is 5.56 Å². The molecule has 0 aliphatic rings. The number of carbonyl (C=O) groups is 1. The van der Waals surface area contributed by atoms with Crippen molar-refractivity contribution in [2.24, 2.45) is 0 Å². The molecule has 0 saturated carbocycles. The maximum Gasteiger partial charge on any atom is 0.335 e. The Kier molecular flexibility index (Phi) is 3.28. The van der Waals surface area contributed by atoms with Gasteiger partial charge in [-0.2, -0.15) is 0 Å². The van der Waals surface area contributed by atoms with Gasteiger partial charge in [0, 0.05) is 11.8 Å². The normalized spacial score (nSPS) is 10.1. The molecule has 1 heterocycles. The van der Waals surface area contributed by atoms with E-state index in [2.05, 4.69) is 4.98 Å². The van der Waals surface area contributed by atoms with Crippen molar-refractivity contribution in [2.75, 3.05) is 0 Å². The molecule has 0 saturated heterocycles. The van der Waals surface area contributed by atoms with E-state index >= 15 is 0 Å². The third kappa shape index (κ3) is 2.66. The van der Waals surface area contributed by atoms with Crippen LogP contribution in [-0.2, 0) is 0 Å². The van der Waals surface area contributed by atoms with Gasteiger partial charge in [0.2, 0.25) is 5.88 Å². The van der Waals surface area contributed by atoms with Gasteiger partial charge >= 0.3 is 5.97 Å². The number of aromatic carboxylic acids is 1. The van der Waals surface area contributed by atoms with E-state index in [9.17, 15) is 4.79 Å². The third-order valence-electron chi connectivity index (χ3n) is 2.51. The Bertz CT molecular complexity index is 593. The highest BCUT2D eigenvalue weighted by atomic mass is 16.5. The predicted molar refractivity (Wildman–Crippen MR) is 67.2 cm³/mol. The van der Waals surface area contributed by atoms with Gasteiger partial charge in [-0.1, -0.05) is 12.1 Å². The monoisotopic (exact) mass is 243 g/mol. The van der Waals surface area contributed by atoms with Crippen LogP contribution >= 0.6 is 0 Å². The first-order valence-electron chi connectivity index (χ1n) is 5.52. The molecule has 1 aromatic carbocycles. The third-order valence-corrected chi connectivity index (χ3v) is 2.51. The van der Waals surface area contributed by atoms with Crippen molar-refractivity contribution in [1.29, 1.82) is 0 Å². The fraction of sp³-hybridized carbons (Fsp3) is 0.143. The first-order valence-corrected chi connectivity index (χ1v) is 5.52. The lowest BCUT2D eigenvalue weighted by atomic mass is 10.1. The van der Waals surface area contributed by atoms with E-state index in [0.717, 1.165) is 11.3 Å². The molecule has 0 spiro atoms. The van der Waals surface area contributed by atoms with Crippen LogP contribution in [0.25, 0.3) is 0 Å². The summed E-state index contributed by atoms with van der Waals surface area (Å²) in [6.45, 7) is 3.73. The molecule has 0 unspecified atom stereocenters. The summed E-state index contributed by atoms with van der Waals surface area (Å²) in [5.74, 6) is -0.00862. The Morgan fingerprint density at radius 2 is 2.00 bits per heavy atom. The van der Waals surface area contributed by atoms with Crippen molar-refractivity contribution in [3.8, 4) is 11.6 Å². The Labute approximate surface area is 105 Å². The van der Waals surface area contributed by atoms with E-state index in [1.165, 1.54) is 6.07 Å². The average Bonchev–Trinajstić information content (AvgIpc) is 2.31. The maximum atomic E-state index is 10.9. The maximum absolute atomic E-state index is 10.9. The van der Waals surface area contributed by atoms with Gasteiger partial charge < -0.3 is 9.84 Å². The highest BCUT2D eigenvalue weighted by Gasteiger charge is 2.08. The molecule has 2 rings (SSSR count). The highest BCUT2D eigenvalue weighted by Crippen LogP contribution is 2.25. The summed E-state index contributed by atoms with van der Waals surface area (Å²) in [4.78, 5) is 15.1. The summed E-state index contributed by atoms with van der Waals surface area (Å²) in [7, 11) is 0. The molecular weight excluding hydrogens is 230 g/mol. The number of pyridine rings is 1. The van der Waals surface area contributed by atoms with Crippen LogP contribution in [0.5, 0.6) is 11.6 Å². The smallest absolute Gasteiger partial charge is 0.335 e. The molecule has 1 N–H and O–H groups in total. The first kappa shape index (κ1) is 12.1. The first-order chi connectivity index (χ1) is 8.56. The van der Waals surface area contributed by atoms with Crippen LogP contribution in [0.2, 0.25) is 0 Å². The topological polar surface area (TPSA) is 59.4 Å². The van der Waals surface area contributed by atoms with Gasteiger partial charge in [0.05, 0.1) is 5.56 Å². The number of nitrogens with zero attached hydrogens (tertiary/aromatic N) is 1. The quantitative estimate of drug-likeness (QED) is 0.899. The zero-order valence-corrected chi connectivity index (χ0v) is 10.2. The lowest BCUT2D eigenvalue weighted by molar-refractivity contribution is 0.0696. The van der Waals surface area contributed by atoms with Gasteiger partial charge in [-0.05, 0) is 37.6 Å². The van der Waals surface area contributed by atoms with Crippen LogP contribution in [0.4, 0.5) is 0 Å². The minimum Gasteiger partial charge on any atom is -0.478 e. The second-order valence-electron chi connectivity index (χ2n) is 4.00.